The molecule has 0 bridgehead atoms. The maximum absolute atomic E-state index is 12.6. The number of phenols is 1. The van der Waals surface area contributed by atoms with Crippen molar-refractivity contribution in [1.82, 2.24) is 0 Å². The van der Waals surface area contributed by atoms with Crippen LogP contribution >= 0.6 is 0 Å². The number of esters is 3. The summed E-state index contributed by atoms with van der Waals surface area (Å²) >= 11 is 0. The molecule has 3 aromatic rings. The van der Waals surface area contributed by atoms with E-state index in [4.69, 9.17) is 4.74 Å². The van der Waals surface area contributed by atoms with E-state index in [2.05, 4.69) is 4.74 Å². The van der Waals surface area contributed by atoms with Gasteiger partial charge in [-0.05, 0) is 49.1 Å². The van der Waals surface area contributed by atoms with E-state index >= 15 is 0 Å². The molecule has 7 nitrogen and oxygen atoms in total. The molecule has 0 spiro atoms. The molecule has 1 atom stereocenters. The third-order valence-electron chi connectivity index (χ3n) is 5.15. The maximum atomic E-state index is 12.6. The summed E-state index contributed by atoms with van der Waals surface area (Å²) in [6.45, 7) is 5.08. The van der Waals surface area contributed by atoms with Crippen molar-refractivity contribution < 1.29 is 33.8 Å². The molecule has 0 fully saturated rings. The molecule has 1 unspecified atom stereocenters. The van der Waals surface area contributed by atoms with Gasteiger partial charge in [-0.2, -0.15) is 0 Å². The lowest BCUT2D eigenvalue weighted by atomic mass is 9.91. The number of rotatable bonds is 8. The minimum atomic E-state index is -0.913. The average Bonchev–Trinajstić information content (AvgIpc) is 2.87. The van der Waals surface area contributed by atoms with Crippen LogP contribution in [0.1, 0.15) is 52.6 Å². The molecule has 3 aromatic carbocycles. The van der Waals surface area contributed by atoms with Crippen LogP contribution < -0.4 is 0 Å². The SMILES string of the molecule is CCOC(=O)C(Cc1cccc(O)c1)C(=O)c1ccccc1.CCc1ccccc1C(=O)OC(C)=O. The molecule has 0 amide bonds. The highest BCUT2D eigenvalue weighted by Gasteiger charge is 2.29. The summed E-state index contributed by atoms with van der Waals surface area (Å²) < 4.78 is 9.53. The third-order valence-corrected chi connectivity index (χ3v) is 5.15. The minimum Gasteiger partial charge on any atom is -0.508 e. The van der Waals surface area contributed by atoms with Crippen LogP contribution in [0.25, 0.3) is 0 Å². The van der Waals surface area contributed by atoms with Crippen LogP contribution in [0.4, 0.5) is 0 Å². The zero-order valence-electron chi connectivity index (χ0n) is 20.6. The van der Waals surface area contributed by atoms with Crippen molar-refractivity contribution >= 4 is 23.7 Å². The Morgan fingerprint density at radius 2 is 1.53 bits per heavy atom. The van der Waals surface area contributed by atoms with Crippen LogP contribution in [0, 0.1) is 5.92 Å². The molecular weight excluding hydrogens is 460 g/mol. The quantitative estimate of drug-likeness (QED) is 0.270. The van der Waals surface area contributed by atoms with E-state index < -0.39 is 23.8 Å². The average molecular weight is 491 g/mol. The Labute approximate surface area is 210 Å². The summed E-state index contributed by atoms with van der Waals surface area (Å²) in [6, 6.07) is 22.3. The molecule has 0 radical (unpaired) electrons. The lowest BCUT2D eigenvalue weighted by Crippen LogP contribution is -2.28. The number of hydrogen-bond donors (Lipinski definition) is 1. The number of ketones is 1. The first-order chi connectivity index (χ1) is 17.3. The number of hydrogen-bond acceptors (Lipinski definition) is 7. The maximum Gasteiger partial charge on any atom is 0.346 e. The van der Waals surface area contributed by atoms with Crippen molar-refractivity contribution in [2.75, 3.05) is 6.61 Å². The second kappa shape index (κ2) is 14.2. The number of Topliss-reactive ketones (excluding diaryl/α,β-unsaturated/α-hetero) is 1. The predicted molar refractivity (Wildman–Crippen MR) is 135 cm³/mol. The van der Waals surface area contributed by atoms with Crippen LogP contribution in [0.15, 0.2) is 78.9 Å². The molecule has 0 aliphatic rings. The van der Waals surface area contributed by atoms with Crippen LogP contribution in [-0.4, -0.2) is 35.4 Å². The van der Waals surface area contributed by atoms with Crippen molar-refractivity contribution in [2.45, 2.75) is 33.6 Å². The second-order valence-corrected chi connectivity index (χ2v) is 7.80. The molecule has 0 aromatic heterocycles. The van der Waals surface area contributed by atoms with Crippen molar-refractivity contribution in [3.05, 3.63) is 101 Å². The van der Waals surface area contributed by atoms with Gasteiger partial charge in [0.2, 0.25) is 0 Å². The summed E-state index contributed by atoms with van der Waals surface area (Å²) in [5.41, 5.74) is 2.53. The van der Waals surface area contributed by atoms with Gasteiger partial charge in [0, 0.05) is 12.5 Å². The van der Waals surface area contributed by atoms with E-state index in [9.17, 15) is 24.3 Å². The number of benzene rings is 3. The first-order valence-corrected chi connectivity index (χ1v) is 11.6. The van der Waals surface area contributed by atoms with Gasteiger partial charge in [0.25, 0.3) is 0 Å². The summed E-state index contributed by atoms with van der Waals surface area (Å²) in [7, 11) is 0. The molecule has 188 valence electrons. The van der Waals surface area contributed by atoms with Gasteiger partial charge in [0.05, 0.1) is 12.2 Å². The highest BCUT2D eigenvalue weighted by atomic mass is 16.6. The van der Waals surface area contributed by atoms with E-state index in [1.165, 1.54) is 6.92 Å². The van der Waals surface area contributed by atoms with Gasteiger partial charge in [-0.1, -0.05) is 67.6 Å². The van der Waals surface area contributed by atoms with Crippen LogP contribution in [0.3, 0.4) is 0 Å². The summed E-state index contributed by atoms with van der Waals surface area (Å²) in [4.78, 5) is 46.7. The first kappa shape index (κ1) is 28.0. The van der Waals surface area contributed by atoms with E-state index in [0.29, 0.717) is 16.7 Å². The highest BCUT2D eigenvalue weighted by molar-refractivity contribution is 6.08. The van der Waals surface area contributed by atoms with Crippen molar-refractivity contribution in [3.8, 4) is 5.75 Å². The van der Waals surface area contributed by atoms with Crippen molar-refractivity contribution in [3.63, 3.8) is 0 Å². The molecule has 1 N–H and O–H groups in total. The van der Waals surface area contributed by atoms with E-state index in [1.807, 2.05) is 25.1 Å². The molecule has 0 heterocycles. The fraction of sp³-hybridized carbons (Fsp3) is 0.241. The monoisotopic (exact) mass is 490 g/mol. The Morgan fingerprint density at radius 1 is 0.861 bits per heavy atom. The Kier molecular flexibility index (Phi) is 11.0. The minimum absolute atomic E-state index is 0.104. The van der Waals surface area contributed by atoms with Gasteiger partial charge in [0.15, 0.2) is 5.78 Å². The van der Waals surface area contributed by atoms with Crippen LogP contribution in [0.5, 0.6) is 5.75 Å². The molecular formula is C29H30O7. The summed E-state index contributed by atoms with van der Waals surface area (Å²) in [5, 5.41) is 9.52. The number of phenolic OH excluding ortho intramolecular Hbond substituents is 1. The second-order valence-electron chi connectivity index (χ2n) is 7.80. The zero-order valence-corrected chi connectivity index (χ0v) is 20.6. The smallest absolute Gasteiger partial charge is 0.346 e. The van der Waals surface area contributed by atoms with Gasteiger partial charge >= 0.3 is 17.9 Å². The normalized spacial score (nSPS) is 10.9. The van der Waals surface area contributed by atoms with Crippen LogP contribution in [-0.2, 0) is 31.9 Å². The Hall–Kier alpha value is -4.26. The molecule has 7 heteroatoms. The highest BCUT2D eigenvalue weighted by Crippen LogP contribution is 2.19. The van der Waals surface area contributed by atoms with Crippen LogP contribution in [0.2, 0.25) is 0 Å². The van der Waals surface area contributed by atoms with Gasteiger partial charge in [0.1, 0.15) is 11.7 Å². The van der Waals surface area contributed by atoms with Crippen molar-refractivity contribution in [2.24, 2.45) is 5.92 Å². The lowest BCUT2D eigenvalue weighted by molar-refractivity contribution is -0.146. The number of aryl methyl sites for hydroxylation is 1. The van der Waals surface area contributed by atoms with Gasteiger partial charge < -0.3 is 14.6 Å². The molecule has 0 saturated heterocycles. The lowest BCUT2D eigenvalue weighted by Gasteiger charge is -2.15. The van der Waals surface area contributed by atoms with Gasteiger partial charge in [-0.15, -0.1) is 0 Å². The molecule has 36 heavy (non-hydrogen) atoms. The fourth-order valence-corrected chi connectivity index (χ4v) is 3.46. The summed E-state index contributed by atoms with van der Waals surface area (Å²) in [5.74, 6) is -2.78. The molecule has 0 aliphatic heterocycles. The number of carbonyl (C=O) groups is 4. The fourth-order valence-electron chi connectivity index (χ4n) is 3.46. The van der Waals surface area contributed by atoms with E-state index in [1.54, 1.807) is 67.6 Å². The number of carbonyl (C=O) groups excluding carboxylic acids is 4. The topological polar surface area (TPSA) is 107 Å². The van der Waals surface area contributed by atoms with Gasteiger partial charge in [-0.3, -0.25) is 14.4 Å². The predicted octanol–water partition coefficient (Wildman–Crippen LogP) is 4.95. The first-order valence-electron chi connectivity index (χ1n) is 11.6. The molecule has 3 rings (SSSR count). The standard InChI is InChI=1S/C18H18O4.C11H12O3/c1-2-22-18(21)16(12-13-7-6-10-15(19)11-13)17(20)14-8-4-3-5-9-14;1-3-9-6-4-5-7-10(9)11(13)14-8(2)12/h3-11,16,19H,2,12H2,1H3;4-7H,3H2,1-2H3. The number of ether oxygens (including phenoxy) is 2. The summed E-state index contributed by atoms with van der Waals surface area (Å²) in [6.07, 6.45) is 0.935. The Bertz CT molecular complexity index is 1180. The molecule has 0 saturated carbocycles. The van der Waals surface area contributed by atoms with E-state index in [0.717, 1.165) is 12.0 Å². The third kappa shape index (κ3) is 8.51. The largest absolute Gasteiger partial charge is 0.508 e. The zero-order chi connectivity index (χ0) is 26.5. The van der Waals surface area contributed by atoms with E-state index in [-0.39, 0.29) is 24.6 Å². The van der Waals surface area contributed by atoms with Gasteiger partial charge in [-0.25, -0.2) is 4.79 Å². The van der Waals surface area contributed by atoms with Crippen molar-refractivity contribution in [1.29, 1.82) is 0 Å². The Morgan fingerprint density at radius 3 is 2.14 bits per heavy atom. The number of aromatic hydroxyl groups is 1. The Balaban J connectivity index is 0.000000281. The molecule has 0 aliphatic carbocycles.